The summed E-state index contributed by atoms with van der Waals surface area (Å²) in [5.41, 5.74) is 3.59. The molecule has 2 aromatic carbocycles. The van der Waals surface area contributed by atoms with Gasteiger partial charge in [0.2, 0.25) is 0 Å². The van der Waals surface area contributed by atoms with Crippen LogP contribution in [-0.4, -0.2) is 24.1 Å². The van der Waals surface area contributed by atoms with Gasteiger partial charge < -0.3 is 9.47 Å². The molecule has 0 aliphatic heterocycles. The molecule has 6 unspecified atom stereocenters. The fraction of sp³-hybridized carbons (Fsp3) is 0.355. The Morgan fingerprint density at radius 3 is 2.43 bits per heavy atom. The SMILES string of the molecule is C#C/C=C\C=C(/C)C(=O)OC1C2CC(C1OC(=O)c1ccccc1)C1c3ccccc3C(C)(C)C21. The number of ether oxygens (including phenoxy) is 2. The molecule has 0 aromatic heterocycles. The van der Waals surface area contributed by atoms with Crippen LogP contribution in [0.3, 0.4) is 0 Å². The molecule has 0 radical (unpaired) electrons. The van der Waals surface area contributed by atoms with Crippen LogP contribution in [0.25, 0.3) is 0 Å². The molecule has 0 amide bonds. The highest BCUT2D eigenvalue weighted by atomic mass is 16.6. The number of esters is 2. The Bertz CT molecular complexity index is 1250. The van der Waals surface area contributed by atoms with Gasteiger partial charge in [-0.3, -0.25) is 0 Å². The number of benzene rings is 2. The van der Waals surface area contributed by atoms with E-state index in [0.29, 0.717) is 17.1 Å². The summed E-state index contributed by atoms with van der Waals surface area (Å²) < 4.78 is 12.3. The lowest BCUT2D eigenvalue weighted by molar-refractivity contribution is -0.158. The van der Waals surface area contributed by atoms with Crippen LogP contribution in [0.5, 0.6) is 0 Å². The summed E-state index contributed by atoms with van der Waals surface area (Å²) in [4.78, 5) is 26.1. The molecule has 0 heterocycles. The molecule has 6 atom stereocenters. The number of carbonyl (C=O) groups is 2. The Morgan fingerprint density at radius 1 is 1.00 bits per heavy atom. The minimum atomic E-state index is -0.492. The molecular formula is C31H30O4. The zero-order valence-corrected chi connectivity index (χ0v) is 20.3. The second-order valence-corrected chi connectivity index (χ2v) is 10.4. The fourth-order valence-electron chi connectivity index (χ4n) is 6.87. The maximum atomic E-state index is 13.1. The lowest BCUT2D eigenvalue weighted by Crippen LogP contribution is -2.48. The largest absolute Gasteiger partial charge is 0.455 e. The predicted octanol–water partition coefficient (Wildman–Crippen LogP) is 5.60. The van der Waals surface area contributed by atoms with Crippen molar-refractivity contribution in [3.63, 3.8) is 0 Å². The molecular weight excluding hydrogens is 436 g/mol. The Balaban J connectivity index is 1.48. The van der Waals surface area contributed by atoms with Crippen molar-refractivity contribution < 1.29 is 19.1 Å². The molecule has 0 N–H and O–H groups in total. The van der Waals surface area contributed by atoms with Crippen molar-refractivity contribution in [1.29, 1.82) is 0 Å². The summed E-state index contributed by atoms with van der Waals surface area (Å²) in [6.45, 7) is 6.28. The van der Waals surface area contributed by atoms with Crippen molar-refractivity contribution >= 4 is 11.9 Å². The van der Waals surface area contributed by atoms with E-state index in [0.717, 1.165) is 6.42 Å². The monoisotopic (exact) mass is 466 g/mol. The van der Waals surface area contributed by atoms with Crippen LogP contribution in [-0.2, 0) is 19.7 Å². The molecule has 4 nitrogen and oxygen atoms in total. The van der Waals surface area contributed by atoms with Crippen LogP contribution >= 0.6 is 0 Å². The van der Waals surface area contributed by atoms with Gasteiger partial charge in [-0.15, -0.1) is 6.42 Å². The predicted molar refractivity (Wildman–Crippen MR) is 135 cm³/mol. The van der Waals surface area contributed by atoms with Gasteiger partial charge in [0, 0.05) is 17.4 Å². The van der Waals surface area contributed by atoms with Gasteiger partial charge in [0.05, 0.1) is 5.56 Å². The maximum absolute atomic E-state index is 13.1. The number of fused-ring (bicyclic) bond motifs is 7. The van der Waals surface area contributed by atoms with Crippen molar-refractivity contribution in [2.75, 3.05) is 0 Å². The number of hydrogen-bond donors (Lipinski definition) is 0. The molecule has 3 aliphatic rings. The van der Waals surface area contributed by atoms with Gasteiger partial charge in [-0.2, -0.15) is 0 Å². The molecule has 178 valence electrons. The quantitative estimate of drug-likeness (QED) is 0.249. The van der Waals surface area contributed by atoms with Crippen molar-refractivity contribution in [2.45, 2.75) is 50.7 Å². The topological polar surface area (TPSA) is 52.6 Å². The standard InChI is InChI=1S/C31H30O4/c1-5-6-8-13-19(2)29(32)34-28-23-18-22(27(28)35-30(33)20-14-9-7-10-15-20)25-21-16-11-12-17-24(21)31(3,4)26(23)25/h1,6-17,22-23,25-28H,18H2,2-4H3/b8-6-,19-13+. The first-order valence-electron chi connectivity index (χ1n) is 12.2. The summed E-state index contributed by atoms with van der Waals surface area (Å²) >= 11 is 0. The molecule has 2 bridgehead atoms. The highest BCUT2D eigenvalue weighted by molar-refractivity contribution is 5.90. The smallest absolute Gasteiger partial charge is 0.338 e. The van der Waals surface area contributed by atoms with Crippen molar-refractivity contribution in [2.24, 2.45) is 17.8 Å². The number of allylic oxidation sites excluding steroid dienone is 3. The maximum Gasteiger partial charge on any atom is 0.338 e. The molecule has 3 aliphatic carbocycles. The van der Waals surface area contributed by atoms with E-state index in [4.69, 9.17) is 15.9 Å². The van der Waals surface area contributed by atoms with E-state index in [1.165, 1.54) is 17.2 Å². The van der Waals surface area contributed by atoms with Gasteiger partial charge in [-0.25, -0.2) is 9.59 Å². The molecule has 2 saturated carbocycles. The number of rotatable bonds is 5. The van der Waals surface area contributed by atoms with Gasteiger partial charge >= 0.3 is 11.9 Å². The summed E-state index contributed by atoms with van der Waals surface area (Å²) in [7, 11) is 0. The van der Waals surface area contributed by atoms with Gasteiger partial charge in [0.1, 0.15) is 12.2 Å². The van der Waals surface area contributed by atoms with E-state index in [2.05, 4.69) is 44.0 Å². The van der Waals surface area contributed by atoms with Crippen LogP contribution in [0.4, 0.5) is 0 Å². The third kappa shape index (κ3) is 3.80. The van der Waals surface area contributed by atoms with Crippen LogP contribution in [0.2, 0.25) is 0 Å². The van der Waals surface area contributed by atoms with Crippen molar-refractivity contribution in [3.05, 3.63) is 95.1 Å². The van der Waals surface area contributed by atoms with E-state index in [1.807, 2.05) is 18.2 Å². The molecule has 5 rings (SSSR count). The van der Waals surface area contributed by atoms with E-state index in [1.54, 1.807) is 31.2 Å². The zero-order valence-electron chi connectivity index (χ0n) is 20.3. The van der Waals surface area contributed by atoms with E-state index in [9.17, 15) is 9.59 Å². The molecule has 0 saturated heterocycles. The first kappa shape index (κ1) is 23.2. The fourth-order valence-corrected chi connectivity index (χ4v) is 6.87. The van der Waals surface area contributed by atoms with Gasteiger partial charge in [0.15, 0.2) is 0 Å². The third-order valence-corrected chi connectivity index (χ3v) is 8.23. The molecule has 2 fully saturated rings. The average Bonchev–Trinajstić information content (AvgIpc) is 3.48. The van der Waals surface area contributed by atoms with Crippen molar-refractivity contribution in [1.82, 2.24) is 0 Å². The molecule has 0 spiro atoms. The number of hydrogen-bond acceptors (Lipinski definition) is 4. The summed E-state index contributed by atoms with van der Waals surface area (Å²) in [6.07, 6.45) is 9.98. The first-order valence-corrected chi connectivity index (χ1v) is 12.2. The third-order valence-electron chi connectivity index (χ3n) is 8.23. The Hall–Kier alpha value is -3.58. The molecule has 2 aromatic rings. The Morgan fingerprint density at radius 2 is 1.69 bits per heavy atom. The zero-order chi connectivity index (χ0) is 24.7. The highest BCUT2D eigenvalue weighted by Crippen LogP contribution is 2.68. The van der Waals surface area contributed by atoms with Gasteiger partial charge in [0.25, 0.3) is 0 Å². The average molecular weight is 467 g/mol. The van der Waals surface area contributed by atoms with Gasteiger partial charge in [-0.1, -0.05) is 74.4 Å². The van der Waals surface area contributed by atoms with Crippen molar-refractivity contribution in [3.8, 4) is 12.3 Å². The summed E-state index contributed by atoms with van der Waals surface area (Å²) in [6, 6.07) is 17.6. The Labute approximate surface area is 207 Å². The number of carbonyl (C=O) groups excluding carboxylic acids is 2. The lowest BCUT2D eigenvalue weighted by Gasteiger charge is -2.41. The lowest BCUT2D eigenvalue weighted by atomic mass is 9.67. The second-order valence-electron chi connectivity index (χ2n) is 10.4. The summed E-state index contributed by atoms with van der Waals surface area (Å²) in [5, 5.41) is 0. The summed E-state index contributed by atoms with van der Waals surface area (Å²) in [5.74, 6) is 2.44. The molecule has 4 heteroatoms. The van der Waals surface area contributed by atoms with Crippen LogP contribution in [0.15, 0.2) is 78.4 Å². The minimum absolute atomic E-state index is 0.0554. The minimum Gasteiger partial charge on any atom is -0.455 e. The molecule has 35 heavy (non-hydrogen) atoms. The first-order chi connectivity index (χ1) is 16.8. The number of terminal acetylenes is 1. The second kappa shape index (κ2) is 8.89. The van der Waals surface area contributed by atoms with Gasteiger partial charge in [-0.05, 0) is 59.9 Å². The highest BCUT2D eigenvalue weighted by Gasteiger charge is 2.67. The van der Waals surface area contributed by atoms with Crippen LogP contribution in [0.1, 0.15) is 54.6 Å². The Kier molecular flexibility index (Phi) is 5.89. The van der Waals surface area contributed by atoms with E-state index < -0.39 is 18.2 Å². The van der Waals surface area contributed by atoms with E-state index in [-0.39, 0.29) is 29.1 Å². The van der Waals surface area contributed by atoms with E-state index >= 15 is 0 Å². The van der Waals surface area contributed by atoms with Crippen LogP contribution < -0.4 is 0 Å². The normalized spacial score (nSPS) is 29.9. The van der Waals surface area contributed by atoms with Crippen LogP contribution in [0, 0.1) is 30.1 Å².